The first-order chi connectivity index (χ1) is 11.9. The smallest absolute Gasteiger partial charge is 0.290 e. The molecule has 2 aromatic rings. The van der Waals surface area contributed by atoms with E-state index >= 15 is 0 Å². The minimum atomic E-state index is -0.778. The normalized spacial score (nSPS) is 17.6. The van der Waals surface area contributed by atoms with E-state index in [0.29, 0.717) is 11.3 Å². The van der Waals surface area contributed by atoms with Crippen molar-refractivity contribution in [3.8, 4) is 5.75 Å². The van der Waals surface area contributed by atoms with Gasteiger partial charge >= 0.3 is 0 Å². The van der Waals surface area contributed by atoms with E-state index in [1.165, 1.54) is 23.3 Å². The Balaban J connectivity index is 2.09. The Morgan fingerprint density at radius 2 is 2.00 bits per heavy atom. The van der Waals surface area contributed by atoms with Gasteiger partial charge in [0, 0.05) is 5.92 Å². The third-order valence-electron chi connectivity index (χ3n) is 4.19. The highest BCUT2D eigenvalue weighted by Gasteiger charge is 2.44. The number of rotatable bonds is 5. The van der Waals surface area contributed by atoms with Crippen LogP contribution >= 0.6 is 0 Å². The second kappa shape index (κ2) is 6.47. The molecule has 6 heteroatoms. The number of carbonyl (C=O) groups is 2. The van der Waals surface area contributed by atoms with Crippen LogP contribution in [0.5, 0.6) is 5.75 Å². The maximum atomic E-state index is 12.6. The molecule has 0 fully saturated rings. The number of amides is 1. The lowest BCUT2D eigenvalue weighted by Crippen LogP contribution is -2.31. The van der Waals surface area contributed by atoms with E-state index in [1.54, 1.807) is 38.1 Å². The van der Waals surface area contributed by atoms with Crippen molar-refractivity contribution in [2.24, 2.45) is 5.92 Å². The van der Waals surface area contributed by atoms with Crippen LogP contribution in [-0.2, 0) is 16.1 Å². The summed E-state index contributed by atoms with van der Waals surface area (Å²) in [4.78, 5) is 26.6. The summed E-state index contributed by atoms with van der Waals surface area (Å²) in [5, 5.41) is 20.1. The van der Waals surface area contributed by atoms with Gasteiger partial charge in [-0.15, -0.1) is 0 Å². The van der Waals surface area contributed by atoms with Crippen molar-refractivity contribution in [3.05, 3.63) is 65.3 Å². The van der Waals surface area contributed by atoms with Crippen molar-refractivity contribution < 1.29 is 24.2 Å². The summed E-state index contributed by atoms with van der Waals surface area (Å²) in [6, 6.07) is 8.97. The molecule has 2 N–H and O–H groups in total. The number of hydrogen-bond acceptors (Lipinski definition) is 5. The Morgan fingerprint density at radius 1 is 1.24 bits per heavy atom. The fraction of sp³-hybridized carbons (Fsp3) is 0.263. The fourth-order valence-corrected chi connectivity index (χ4v) is 2.99. The predicted molar refractivity (Wildman–Crippen MR) is 89.6 cm³/mol. The molecule has 0 saturated carbocycles. The van der Waals surface area contributed by atoms with E-state index < -0.39 is 17.7 Å². The lowest BCUT2D eigenvalue weighted by molar-refractivity contribution is -0.130. The number of hydrogen-bond donors (Lipinski definition) is 2. The number of nitrogens with zero attached hydrogens (tertiary/aromatic N) is 1. The van der Waals surface area contributed by atoms with Gasteiger partial charge in [0.25, 0.3) is 5.91 Å². The molecule has 25 heavy (non-hydrogen) atoms. The molecule has 0 saturated heterocycles. The van der Waals surface area contributed by atoms with E-state index in [0.717, 1.165) is 0 Å². The number of benzene rings is 1. The number of phenols is 1. The van der Waals surface area contributed by atoms with Gasteiger partial charge in [-0.1, -0.05) is 26.0 Å². The second-order valence-electron chi connectivity index (χ2n) is 6.29. The molecule has 1 aromatic carbocycles. The van der Waals surface area contributed by atoms with Gasteiger partial charge in [-0.25, -0.2) is 0 Å². The molecule has 1 amide bonds. The molecule has 0 spiro atoms. The first-order valence-corrected chi connectivity index (χ1v) is 7.99. The van der Waals surface area contributed by atoms with E-state index in [9.17, 15) is 19.8 Å². The van der Waals surface area contributed by atoms with E-state index in [4.69, 9.17) is 4.42 Å². The Kier molecular flexibility index (Phi) is 4.35. The number of carbonyl (C=O) groups excluding carboxylic acids is 2. The van der Waals surface area contributed by atoms with Crippen LogP contribution in [0.1, 0.15) is 31.2 Å². The third-order valence-corrected chi connectivity index (χ3v) is 4.19. The van der Waals surface area contributed by atoms with Gasteiger partial charge < -0.3 is 19.5 Å². The van der Waals surface area contributed by atoms with Gasteiger partial charge in [-0.3, -0.25) is 9.59 Å². The van der Waals surface area contributed by atoms with Gasteiger partial charge in [0.15, 0.2) is 11.5 Å². The highest BCUT2D eigenvalue weighted by atomic mass is 16.3. The molecule has 0 radical (unpaired) electrons. The quantitative estimate of drug-likeness (QED) is 0.872. The van der Waals surface area contributed by atoms with Crippen molar-refractivity contribution in [1.82, 2.24) is 4.90 Å². The van der Waals surface area contributed by atoms with Gasteiger partial charge in [0.05, 0.1) is 24.4 Å². The SMILES string of the molecule is CC(C)C(=O)C1=C(O)C(=O)N(Cc2ccco2)C1c1cccc(O)c1. The summed E-state index contributed by atoms with van der Waals surface area (Å²) in [6.07, 6.45) is 1.49. The van der Waals surface area contributed by atoms with Gasteiger partial charge in [0.2, 0.25) is 0 Å². The molecular weight excluding hydrogens is 322 g/mol. The molecule has 1 aliphatic heterocycles. The Hall–Kier alpha value is -3.02. The van der Waals surface area contributed by atoms with Gasteiger partial charge in [-0.05, 0) is 29.8 Å². The summed E-state index contributed by atoms with van der Waals surface area (Å²) in [7, 11) is 0. The zero-order valence-electron chi connectivity index (χ0n) is 14.0. The molecule has 6 nitrogen and oxygen atoms in total. The molecule has 0 aliphatic carbocycles. The summed E-state index contributed by atoms with van der Waals surface area (Å²) < 4.78 is 5.30. The van der Waals surface area contributed by atoms with Crippen molar-refractivity contribution in [2.45, 2.75) is 26.4 Å². The molecule has 1 unspecified atom stereocenters. The first kappa shape index (κ1) is 16.8. The van der Waals surface area contributed by atoms with Crippen molar-refractivity contribution in [2.75, 3.05) is 0 Å². The number of Topliss-reactive ketones (excluding diaryl/α,β-unsaturated/α-hetero) is 1. The van der Waals surface area contributed by atoms with E-state index in [1.807, 2.05) is 0 Å². The monoisotopic (exact) mass is 341 g/mol. The fourth-order valence-electron chi connectivity index (χ4n) is 2.99. The molecule has 1 aliphatic rings. The average molecular weight is 341 g/mol. The molecule has 3 rings (SSSR count). The van der Waals surface area contributed by atoms with Crippen LogP contribution in [0.15, 0.2) is 58.4 Å². The zero-order valence-corrected chi connectivity index (χ0v) is 14.0. The Bertz CT molecular complexity index is 835. The minimum Gasteiger partial charge on any atom is -0.508 e. The summed E-state index contributed by atoms with van der Waals surface area (Å²) in [5.74, 6) is -1.31. The topological polar surface area (TPSA) is 91.0 Å². The number of aliphatic hydroxyl groups is 1. The number of ketones is 1. The average Bonchev–Trinajstić information content (AvgIpc) is 3.16. The maximum Gasteiger partial charge on any atom is 0.290 e. The highest BCUT2D eigenvalue weighted by molar-refractivity contribution is 6.09. The first-order valence-electron chi connectivity index (χ1n) is 7.99. The largest absolute Gasteiger partial charge is 0.508 e. The predicted octanol–water partition coefficient (Wildman–Crippen LogP) is 3.11. The van der Waals surface area contributed by atoms with Crippen molar-refractivity contribution in [3.63, 3.8) is 0 Å². The number of aliphatic hydroxyl groups excluding tert-OH is 1. The van der Waals surface area contributed by atoms with Gasteiger partial charge in [0.1, 0.15) is 11.5 Å². The molecule has 1 aromatic heterocycles. The maximum absolute atomic E-state index is 12.6. The van der Waals surface area contributed by atoms with Crippen molar-refractivity contribution in [1.29, 1.82) is 0 Å². The van der Waals surface area contributed by atoms with Crippen LogP contribution in [0.25, 0.3) is 0 Å². The van der Waals surface area contributed by atoms with Crippen LogP contribution in [0, 0.1) is 5.92 Å². The van der Waals surface area contributed by atoms with Crippen LogP contribution in [0.4, 0.5) is 0 Å². The summed E-state index contributed by atoms with van der Waals surface area (Å²) in [5.41, 5.74) is 0.602. The van der Waals surface area contributed by atoms with E-state index in [2.05, 4.69) is 0 Å². The molecule has 2 heterocycles. The van der Waals surface area contributed by atoms with Crippen LogP contribution < -0.4 is 0 Å². The lowest BCUT2D eigenvalue weighted by Gasteiger charge is -2.26. The lowest BCUT2D eigenvalue weighted by atomic mass is 9.91. The number of phenolic OH excluding ortho intramolecular Hbond substituents is 1. The van der Waals surface area contributed by atoms with Crippen LogP contribution in [-0.4, -0.2) is 26.8 Å². The minimum absolute atomic E-state index is 0.0191. The number of aromatic hydroxyl groups is 1. The summed E-state index contributed by atoms with van der Waals surface area (Å²) in [6.45, 7) is 3.52. The summed E-state index contributed by atoms with van der Waals surface area (Å²) >= 11 is 0. The standard InChI is InChI=1S/C19H19NO5/c1-11(2)17(22)15-16(12-5-3-6-13(21)9-12)20(19(24)18(15)23)10-14-7-4-8-25-14/h3-9,11,16,21,23H,10H2,1-2H3. The van der Waals surface area contributed by atoms with Gasteiger partial charge in [-0.2, -0.15) is 0 Å². The molecular formula is C19H19NO5. The highest BCUT2D eigenvalue weighted by Crippen LogP contribution is 2.40. The zero-order chi connectivity index (χ0) is 18.1. The number of furan rings is 1. The molecule has 130 valence electrons. The Labute approximate surface area is 145 Å². The van der Waals surface area contributed by atoms with E-state index in [-0.39, 0.29) is 29.6 Å². The second-order valence-corrected chi connectivity index (χ2v) is 6.29. The molecule has 1 atom stereocenters. The van der Waals surface area contributed by atoms with Crippen molar-refractivity contribution >= 4 is 11.7 Å². The van der Waals surface area contributed by atoms with Crippen LogP contribution in [0.2, 0.25) is 0 Å². The van der Waals surface area contributed by atoms with Crippen LogP contribution in [0.3, 0.4) is 0 Å². The molecule has 0 bridgehead atoms. The Morgan fingerprint density at radius 3 is 2.60 bits per heavy atom. The third kappa shape index (κ3) is 3.03.